The minimum absolute atomic E-state index is 0.00136. The van der Waals surface area contributed by atoms with Crippen LogP contribution in [-0.4, -0.2) is 29.9 Å². The first-order valence-electron chi connectivity index (χ1n) is 12.5. The van der Waals surface area contributed by atoms with Gasteiger partial charge < -0.3 is 15.4 Å². The Morgan fingerprint density at radius 2 is 1.82 bits per heavy atom. The van der Waals surface area contributed by atoms with Crippen LogP contribution in [0.4, 0.5) is 24.5 Å². The largest absolute Gasteiger partial charge is 0.418 e. The van der Waals surface area contributed by atoms with E-state index < -0.39 is 17.2 Å². The molecule has 4 rings (SSSR count). The van der Waals surface area contributed by atoms with Gasteiger partial charge in [-0.05, 0) is 68.1 Å². The summed E-state index contributed by atoms with van der Waals surface area (Å²) < 4.78 is 45.3. The maximum Gasteiger partial charge on any atom is 0.418 e. The number of hydrogen-bond acceptors (Lipinski definition) is 5. The van der Waals surface area contributed by atoms with E-state index in [1.165, 1.54) is 12.1 Å². The molecule has 2 aromatic carbocycles. The number of anilines is 2. The Labute approximate surface area is 219 Å². The number of hydrogen-bond donors (Lipinski definition) is 2. The summed E-state index contributed by atoms with van der Waals surface area (Å²) in [5, 5.41) is 5.79. The lowest BCUT2D eigenvalue weighted by atomic mass is 9.80. The van der Waals surface area contributed by atoms with E-state index in [0.717, 1.165) is 17.3 Å². The number of halogens is 3. The predicted octanol–water partition coefficient (Wildman–Crippen LogP) is 6.23. The van der Waals surface area contributed by atoms with Crippen molar-refractivity contribution in [1.82, 2.24) is 10.3 Å². The number of carbonyl (C=O) groups excluding carboxylic acids is 2. The Balaban J connectivity index is 1.31. The van der Waals surface area contributed by atoms with Crippen LogP contribution in [0.1, 0.15) is 52.9 Å². The van der Waals surface area contributed by atoms with Gasteiger partial charge in [0.05, 0.1) is 23.3 Å². The van der Waals surface area contributed by atoms with Gasteiger partial charge in [0.1, 0.15) is 0 Å². The van der Waals surface area contributed by atoms with Crippen LogP contribution < -0.4 is 10.6 Å². The van der Waals surface area contributed by atoms with E-state index in [0.29, 0.717) is 50.1 Å². The van der Waals surface area contributed by atoms with E-state index in [2.05, 4.69) is 15.6 Å². The lowest BCUT2D eigenvalue weighted by Gasteiger charge is -2.26. The summed E-state index contributed by atoms with van der Waals surface area (Å²) in [6, 6.07) is 15.7. The van der Waals surface area contributed by atoms with Crippen molar-refractivity contribution in [2.24, 2.45) is 5.41 Å². The lowest BCUT2D eigenvalue weighted by molar-refractivity contribution is -0.137. The quantitative estimate of drug-likeness (QED) is 0.307. The van der Waals surface area contributed by atoms with Crippen molar-refractivity contribution in [3.8, 4) is 0 Å². The van der Waals surface area contributed by atoms with Gasteiger partial charge in [-0.2, -0.15) is 13.2 Å². The van der Waals surface area contributed by atoms with Gasteiger partial charge in [-0.3, -0.25) is 14.6 Å². The standard InChI is InChI=1S/C29H30F3N3O3/c1-20-8-11-22(18-33-20)26(36)7-4-14-28(15-16-38-19-28)27(37)34-17-21-9-12-23(13-10-21)35-25-6-3-2-5-24(25)29(30,31)32/h2-3,5-6,8-13,18,35H,4,7,14-17,19H2,1H3,(H,34,37). The molecule has 1 amide bonds. The Hall–Kier alpha value is -3.72. The van der Waals surface area contributed by atoms with Crippen molar-refractivity contribution in [1.29, 1.82) is 0 Å². The van der Waals surface area contributed by atoms with E-state index >= 15 is 0 Å². The first kappa shape index (κ1) is 27.3. The maximum absolute atomic E-state index is 13.3. The van der Waals surface area contributed by atoms with Crippen LogP contribution in [0.15, 0.2) is 66.9 Å². The number of para-hydroxylation sites is 1. The number of rotatable bonds is 10. The number of carbonyl (C=O) groups is 2. The molecule has 38 heavy (non-hydrogen) atoms. The van der Waals surface area contributed by atoms with Crippen molar-refractivity contribution in [2.45, 2.75) is 45.3 Å². The molecule has 0 spiro atoms. The van der Waals surface area contributed by atoms with Crippen LogP contribution in [0.25, 0.3) is 0 Å². The number of benzene rings is 2. The van der Waals surface area contributed by atoms with E-state index in [1.54, 1.807) is 48.7 Å². The first-order chi connectivity index (χ1) is 18.2. The Morgan fingerprint density at radius 3 is 2.47 bits per heavy atom. The van der Waals surface area contributed by atoms with E-state index in [4.69, 9.17) is 4.74 Å². The van der Waals surface area contributed by atoms with Gasteiger partial charge in [0.25, 0.3) is 0 Å². The molecule has 1 unspecified atom stereocenters. The number of nitrogens with one attached hydrogen (secondary N) is 2. The Kier molecular flexibility index (Phi) is 8.46. The van der Waals surface area contributed by atoms with Crippen molar-refractivity contribution >= 4 is 23.1 Å². The van der Waals surface area contributed by atoms with Crippen molar-refractivity contribution in [3.05, 3.63) is 89.2 Å². The zero-order valence-corrected chi connectivity index (χ0v) is 21.1. The van der Waals surface area contributed by atoms with Crippen molar-refractivity contribution < 1.29 is 27.5 Å². The summed E-state index contributed by atoms with van der Waals surface area (Å²) in [7, 11) is 0. The molecular formula is C29H30F3N3O3. The molecule has 9 heteroatoms. The van der Waals surface area contributed by atoms with Gasteiger partial charge in [-0.25, -0.2) is 0 Å². The van der Waals surface area contributed by atoms with Crippen LogP contribution in [0.3, 0.4) is 0 Å². The number of ether oxygens (including phenoxy) is 1. The van der Waals surface area contributed by atoms with Crippen molar-refractivity contribution in [2.75, 3.05) is 18.5 Å². The highest BCUT2D eigenvalue weighted by Gasteiger charge is 2.41. The number of alkyl halides is 3. The third-order valence-corrected chi connectivity index (χ3v) is 6.80. The fraction of sp³-hybridized carbons (Fsp3) is 0.345. The van der Waals surface area contributed by atoms with Crippen molar-refractivity contribution in [3.63, 3.8) is 0 Å². The summed E-state index contributed by atoms with van der Waals surface area (Å²) in [5.41, 5.74) is 1.28. The molecule has 2 N–H and O–H groups in total. The molecule has 0 radical (unpaired) electrons. The molecule has 1 aliphatic heterocycles. The van der Waals surface area contributed by atoms with Crippen LogP contribution in [-0.2, 0) is 22.3 Å². The number of aryl methyl sites for hydroxylation is 1. The second-order valence-corrected chi connectivity index (χ2v) is 9.60. The van der Waals surface area contributed by atoms with E-state index in [1.807, 2.05) is 6.92 Å². The number of Topliss-reactive ketones (excluding diaryl/α,β-unsaturated/α-hetero) is 1. The average molecular weight is 526 g/mol. The first-order valence-corrected chi connectivity index (χ1v) is 12.5. The number of pyridine rings is 1. The van der Waals surface area contributed by atoms with Gasteiger partial charge in [-0.15, -0.1) is 0 Å². The topological polar surface area (TPSA) is 80.3 Å². The minimum atomic E-state index is -4.46. The molecule has 2 heterocycles. The summed E-state index contributed by atoms with van der Waals surface area (Å²) in [6.07, 6.45) is -0.880. The lowest BCUT2D eigenvalue weighted by Crippen LogP contribution is -2.41. The number of nitrogens with zero attached hydrogens (tertiary/aromatic N) is 1. The van der Waals surface area contributed by atoms with Crippen LogP contribution >= 0.6 is 0 Å². The number of ketones is 1. The maximum atomic E-state index is 13.3. The van der Waals surface area contributed by atoms with Gasteiger partial charge in [-0.1, -0.05) is 24.3 Å². The molecular weight excluding hydrogens is 495 g/mol. The zero-order valence-electron chi connectivity index (χ0n) is 21.1. The van der Waals surface area contributed by atoms with Gasteiger partial charge in [0.2, 0.25) is 5.91 Å². The van der Waals surface area contributed by atoms with Crippen LogP contribution in [0, 0.1) is 12.3 Å². The summed E-state index contributed by atoms with van der Waals surface area (Å²) in [4.78, 5) is 29.8. The van der Waals surface area contributed by atoms with E-state index in [-0.39, 0.29) is 23.9 Å². The van der Waals surface area contributed by atoms with E-state index in [9.17, 15) is 22.8 Å². The Bertz CT molecular complexity index is 1250. The second-order valence-electron chi connectivity index (χ2n) is 9.60. The third kappa shape index (κ3) is 6.77. The third-order valence-electron chi connectivity index (χ3n) is 6.80. The fourth-order valence-corrected chi connectivity index (χ4v) is 4.53. The Morgan fingerprint density at radius 1 is 1.05 bits per heavy atom. The molecule has 200 valence electrons. The molecule has 0 bridgehead atoms. The zero-order chi connectivity index (χ0) is 27.2. The minimum Gasteiger partial charge on any atom is -0.380 e. The fourth-order valence-electron chi connectivity index (χ4n) is 4.53. The molecule has 3 aromatic rings. The summed E-state index contributed by atoms with van der Waals surface area (Å²) in [6.45, 7) is 2.93. The molecule has 0 aliphatic carbocycles. The number of amides is 1. The number of aromatic nitrogens is 1. The summed E-state index contributed by atoms with van der Waals surface area (Å²) >= 11 is 0. The predicted molar refractivity (Wildman–Crippen MR) is 138 cm³/mol. The van der Waals surface area contributed by atoms with Gasteiger partial charge >= 0.3 is 6.18 Å². The molecule has 1 fully saturated rings. The normalized spacial score (nSPS) is 17.3. The van der Waals surface area contributed by atoms with Crippen LogP contribution in [0.5, 0.6) is 0 Å². The summed E-state index contributed by atoms with van der Waals surface area (Å²) in [5.74, 6) is -0.126. The SMILES string of the molecule is Cc1ccc(C(=O)CCCC2(C(=O)NCc3ccc(Nc4ccccc4C(F)(F)F)cc3)CCOC2)cn1. The smallest absolute Gasteiger partial charge is 0.380 e. The monoisotopic (exact) mass is 525 g/mol. The highest BCUT2D eigenvalue weighted by molar-refractivity contribution is 5.95. The second kappa shape index (κ2) is 11.8. The highest BCUT2D eigenvalue weighted by atomic mass is 19.4. The molecule has 1 aliphatic rings. The molecule has 1 atom stereocenters. The highest BCUT2D eigenvalue weighted by Crippen LogP contribution is 2.36. The van der Waals surface area contributed by atoms with Crippen LogP contribution in [0.2, 0.25) is 0 Å². The molecule has 6 nitrogen and oxygen atoms in total. The van der Waals surface area contributed by atoms with Gasteiger partial charge in [0, 0.05) is 42.7 Å². The van der Waals surface area contributed by atoms with Gasteiger partial charge in [0.15, 0.2) is 5.78 Å². The molecule has 0 saturated carbocycles. The molecule has 1 aromatic heterocycles. The molecule has 1 saturated heterocycles. The average Bonchev–Trinajstić information content (AvgIpc) is 3.38.